The van der Waals surface area contributed by atoms with Crippen molar-refractivity contribution in [3.63, 3.8) is 0 Å². The molecule has 0 N–H and O–H groups in total. The Kier molecular flexibility index (Phi) is 15.1. The largest absolute Gasteiger partial charge is 0.252 e. The average molecular weight is 525 g/mol. The minimum Gasteiger partial charge on any atom is -0.252 e. The summed E-state index contributed by atoms with van der Waals surface area (Å²) in [6.07, 6.45) is 12.6. The van der Waals surface area contributed by atoms with Gasteiger partial charge in [-0.2, -0.15) is 0 Å². The maximum Gasteiger partial charge on any atom is 0.0636 e. The first-order chi connectivity index (χ1) is 15.2. The zero-order chi connectivity index (χ0) is 22.3. The number of rotatable bonds is 14. The molecule has 0 saturated heterocycles. The van der Waals surface area contributed by atoms with Crippen LogP contribution in [-0.2, 0) is 33.3 Å². The van der Waals surface area contributed by atoms with E-state index in [0.717, 1.165) is 43.5 Å². The average Bonchev–Trinajstić information content (AvgIpc) is 2.79. The maximum atomic E-state index is 5.20. The van der Waals surface area contributed by atoms with Crippen LogP contribution in [0.4, 0.5) is 11.4 Å². The Morgan fingerprint density at radius 2 is 1.19 bits per heavy atom. The first kappa shape index (κ1) is 28.5. The van der Waals surface area contributed by atoms with Crippen LogP contribution in [0, 0.1) is 0 Å². The monoisotopic (exact) mass is 524 g/mol. The Bertz CT molecular complexity index is 824. The predicted molar refractivity (Wildman–Crippen MR) is 139 cm³/mol. The molecule has 0 bridgehead atoms. The molecule has 2 nitrogen and oxygen atoms in total. The van der Waals surface area contributed by atoms with Gasteiger partial charge in [-0.1, -0.05) is 84.1 Å². The van der Waals surface area contributed by atoms with E-state index in [1.165, 1.54) is 61.1 Å². The maximum absolute atomic E-state index is 5.20. The fourth-order valence-electron chi connectivity index (χ4n) is 3.93. The van der Waals surface area contributed by atoms with E-state index >= 15 is 0 Å². The van der Waals surface area contributed by atoms with Gasteiger partial charge in [-0.3, -0.25) is 9.98 Å². The first-order valence-corrected chi connectivity index (χ1v) is 12.5. The van der Waals surface area contributed by atoms with Gasteiger partial charge in [-0.25, -0.2) is 0 Å². The number of aryl methyl sites for hydroxylation is 2. The third-order valence-corrected chi connectivity index (χ3v) is 5.63. The zero-order valence-corrected chi connectivity index (χ0v) is 22.2. The smallest absolute Gasteiger partial charge is 0.0636 e. The van der Waals surface area contributed by atoms with Crippen LogP contribution in [0.3, 0.4) is 0 Å². The van der Waals surface area contributed by atoms with E-state index in [4.69, 9.17) is 9.98 Å². The van der Waals surface area contributed by atoms with E-state index in [1.807, 2.05) is 0 Å². The first-order valence-electron chi connectivity index (χ1n) is 12.5. The fourth-order valence-corrected chi connectivity index (χ4v) is 3.93. The number of aliphatic imine (C=N–C) groups is 2. The Balaban J connectivity index is 0.00000512. The molecule has 0 aliphatic heterocycles. The van der Waals surface area contributed by atoms with Crippen molar-refractivity contribution in [1.82, 2.24) is 0 Å². The molecule has 0 heterocycles. The van der Waals surface area contributed by atoms with Crippen LogP contribution >= 0.6 is 0 Å². The summed E-state index contributed by atoms with van der Waals surface area (Å²) in [5.41, 5.74) is 7.41. The second-order valence-corrected chi connectivity index (χ2v) is 8.47. The van der Waals surface area contributed by atoms with E-state index in [9.17, 15) is 0 Å². The van der Waals surface area contributed by atoms with E-state index in [1.54, 1.807) is 0 Å². The van der Waals surface area contributed by atoms with Gasteiger partial charge in [0.05, 0.1) is 22.8 Å². The van der Waals surface area contributed by atoms with Crippen molar-refractivity contribution < 1.29 is 20.4 Å². The Morgan fingerprint density at radius 1 is 0.594 bits per heavy atom. The van der Waals surface area contributed by atoms with Crippen molar-refractivity contribution in [2.75, 3.05) is 0 Å². The van der Waals surface area contributed by atoms with Crippen LogP contribution in [0.5, 0.6) is 0 Å². The molecule has 178 valence electrons. The molecule has 0 unspecified atom stereocenters. The standard InChI is InChI=1S/C29H42N2.Pd/c1-5-9-12-20-29(30-26-17-13-11-14-18-26)28(19-10-6-2)31-27-22-21-24(15-7-3)25(23-27)16-8-4;/h11,13-14,17-18,21-23H,5-10,12,15-16,19-20H2,1-4H3;/b30-29+,31-28+;. The topological polar surface area (TPSA) is 24.7 Å². The number of hydrogen-bond acceptors (Lipinski definition) is 2. The number of benzene rings is 2. The van der Waals surface area contributed by atoms with E-state index < -0.39 is 0 Å². The molecule has 0 radical (unpaired) electrons. The predicted octanol–water partition coefficient (Wildman–Crippen LogP) is 9.20. The van der Waals surface area contributed by atoms with Crippen molar-refractivity contribution in [2.24, 2.45) is 9.98 Å². The van der Waals surface area contributed by atoms with Gasteiger partial charge in [0, 0.05) is 20.4 Å². The molecule has 3 heteroatoms. The van der Waals surface area contributed by atoms with Gasteiger partial charge in [0.2, 0.25) is 0 Å². The summed E-state index contributed by atoms with van der Waals surface area (Å²) >= 11 is 0. The molecule has 0 saturated carbocycles. The quantitative estimate of drug-likeness (QED) is 0.134. The summed E-state index contributed by atoms with van der Waals surface area (Å²) < 4.78 is 0. The molecule has 2 aromatic rings. The van der Waals surface area contributed by atoms with E-state index in [2.05, 4.69) is 76.2 Å². The number of para-hydroxylation sites is 1. The normalized spacial score (nSPS) is 12.0. The SMILES string of the molecule is CCCCCC(=N\c1ccccc1)/C(CCCC)=N/c1ccc(CCC)c(CCC)c1.[Pd]. The van der Waals surface area contributed by atoms with Gasteiger partial charge in [0.25, 0.3) is 0 Å². The van der Waals surface area contributed by atoms with Gasteiger partial charge < -0.3 is 0 Å². The van der Waals surface area contributed by atoms with Gasteiger partial charge >= 0.3 is 0 Å². The summed E-state index contributed by atoms with van der Waals surface area (Å²) in [6, 6.07) is 17.2. The minimum atomic E-state index is 0. The molecule has 2 rings (SSSR count). The molecule has 0 aliphatic carbocycles. The van der Waals surface area contributed by atoms with Crippen LogP contribution in [0.1, 0.15) is 96.6 Å². The van der Waals surface area contributed by atoms with Crippen LogP contribution < -0.4 is 0 Å². The summed E-state index contributed by atoms with van der Waals surface area (Å²) in [4.78, 5) is 10.3. The summed E-state index contributed by atoms with van der Waals surface area (Å²) in [6.45, 7) is 9.03. The van der Waals surface area contributed by atoms with E-state index in [-0.39, 0.29) is 20.4 Å². The molecule has 0 amide bonds. The van der Waals surface area contributed by atoms with Crippen LogP contribution in [0.25, 0.3) is 0 Å². The second-order valence-electron chi connectivity index (χ2n) is 8.47. The molecule has 32 heavy (non-hydrogen) atoms. The summed E-state index contributed by atoms with van der Waals surface area (Å²) in [5.74, 6) is 0. The third-order valence-electron chi connectivity index (χ3n) is 5.63. The molecule has 0 aliphatic rings. The number of nitrogens with zero attached hydrogens (tertiary/aromatic N) is 2. The molecular formula is C29H42N2Pd. The van der Waals surface area contributed by atoms with Crippen LogP contribution in [-0.4, -0.2) is 11.4 Å². The zero-order valence-electron chi connectivity index (χ0n) is 20.6. The summed E-state index contributed by atoms with van der Waals surface area (Å²) in [7, 11) is 0. The van der Waals surface area contributed by atoms with Gasteiger partial charge in [0.15, 0.2) is 0 Å². The van der Waals surface area contributed by atoms with Crippen LogP contribution in [0.15, 0.2) is 58.5 Å². The van der Waals surface area contributed by atoms with Crippen molar-refractivity contribution in [2.45, 2.75) is 98.3 Å². The fraction of sp³-hybridized carbons (Fsp3) is 0.517. The Labute approximate surface area is 210 Å². The minimum absolute atomic E-state index is 0. The van der Waals surface area contributed by atoms with Gasteiger partial charge in [0.1, 0.15) is 0 Å². The number of hydrogen-bond donors (Lipinski definition) is 0. The summed E-state index contributed by atoms with van der Waals surface area (Å²) in [5, 5.41) is 0. The van der Waals surface area contributed by atoms with Crippen molar-refractivity contribution in [3.8, 4) is 0 Å². The van der Waals surface area contributed by atoms with E-state index in [0.29, 0.717) is 0 Å². The molecule has 2 aromatic carbocycles. The Morgan fingerprint density at radius 3 is 1.81 bits per heavy atom. The van der Waals surface area contributed by atoms with Crippen molar-refractivity contribution in [1.29, 1.82) is 0 Å². The molecule has 0 spiro atoms. The van der Waals surface area contributed by atoms with Crippen molar-refractivity contribution >= 4 is 22.8 Å². The van der Waals surface area contributed by atoms with Gasteiger partial charge in [-0.05, 0) is 73.9 Å². The molecular weight excluding hydrogens is 483 g/mol. The molecule has 0 atom stereocenters. The molecule has 0 fully saturated rings. The second kappa shape index (κ2) is 17.0. The van der Waals surface area contributed by atoms with Gasteiger partial charge in [-0.15, -0.1) is 0 Å². The van der Waals surface area contributed by atoms with Crippen molar-refractivity contribution in [3.05, 3.63) is 59.7 Å². The molecule has 0 aromatic heterocycles. The number of unbranched alkanes of at least 4 members (excludes halogenated alkanes) is 3. The third kappa shape index (κ3) is 9.93. The van der Waals surface area contributed by atoms with Crippen LogP contribution in [0.2, 0.25) is 0 Å². The Hall–Kier alpha value is -1.56.